The Bertz CT molecular complexity index is 782. The third-order valence-electron chi connectivity index (χ3n) is 4.94. The molecule has 3 amide bonds. The number of nitrogens with zero attached hydrogens (tertiary/aromatic N) is 2. The van der Waals surface area contributed by atoms with Gasteiger partial charge >= 0.3 is 6.03 Å². The molecule has 27 heavy (non-hydrogen) atoms. The second kappa shape index (κ2) is 8.24. The number of carbonyl (C=O) groups is 2. The van der Waals surface area contributed by atoms with Crippen molar-refractivity contribution in [1.82, 2.24) is 20.7 Å². The number of benzene rings is 1. The lowest BCUT2D eigenvalue weighted by Crippen LogP contribution is -2.59. The van der Waals surface area contributed by atoms with Crippen molar-refractivity contribution in [1.29, 1.82) is 0 Å². The molecule has 0 saturated heterocycles. The summed E-state index contributed by atoms with van der Waals surface area (Å²) < 4.78 is 5.07. The fraction of sp³-hybridized carbons (Fsp3) is 0.450. The second-order valence-electron chi connectivity index (χ2n) is 7.17. The van der Waals surface area contributed by atoms with E-state index in [0.29, 0.717) is 37.4 Å². The highest BCUT2D eigenvalue weighted by Crippen LogP contribution is 2.31. The lowest BCUT2D eigenvalue weighted by atomic mass is 9.95. The van der Waals surface area contributed by atoms with Crippen molar-refractivity contribution in [2.24, 2.45) is 0 Å². The lowest BCUT2D eigenvalue weighted by molar-refractivity contribution is -0.137. The highest BCUT2D eigenvalue weighted by Gasteiger charge is 2.44. The highest BCUT2D eigenvalue weighted by molar-refractivity contribution is 5.91. The van der Waals surface area contributed by atoms with Crippen molar-refractivity contribution in [2.75, 3.05) is 7.05 Å². The smallest absolute Gasteiger partial charge is 0.315 e. The number of hydrogen-bond donors (Lipinski definition) is 2. The molecule has 0 radical (unpaired) electrons. The molecule has 1 heterocycles. The summed E-state index contributed by atoms with van der Waals surface area (Å²) in [6, 6.07) is 11.2. The topological polar surface area (TPSA) is 87.5 Å². The average molecular weight is 370 g/mol. The Balaban J connectivity index is 1.61. The predicted molar refractivity (Wildman–Crippen MR) is 101 cm³/mol. The Morgan fingerprint density at radius 1 is 1.22 bits per heavy atom. The van der Waals surface area contributed by atoms with Crippen molar-refractivity contribution in [3.05, 3.63) is 53.4 Å². The van der Waals surface area contributed by atoms with Crippen LogP contribution in [0.1, 0.15) is 42.7 Å². The Labute approximate surface area is 159 Å². The molecule has 7 heteroatoms. The van der Waals surface area contributed by atoms with Gasteiger partial charge in [-0.2, -0.15) is 0 Å². The minimum atomic E-state index is -0.853. The molecular formula is C20H26N4O3. The van der Waals surface area contributed by atoms with E-state index in [0.717, 1.165) is 18.4 Å². The van der Waals surface area contributed by atoms with E-state index in [2.05, 4.69) is 15.8 Å². The Morgan fingerprint density at radius 2 is 1.93 bits per heavy atom. The van der Waals surface area contributed by atoms with E-state index in [-0.39, 0.29) is 11.9 Å². The van der Waals surface area contributed by atoms with E-state index in [1.807, 2.05) is 43.3 Å². The van der Waals surface area contributed by atoms with Crippen LogP contribution in [0.5, 0.6) is 0 Å². The largest absolute Gasteiger partial charge is 0.361 e. The molecule has 3 rings (SSSR count). The van der Waals surface area contributed by atoms with Crippen LogP contribution in [-0.4, -0.2) is 34.6 Å². The zero-order chi connectivity index (χ0) is 19.3. The van der Waals surface area contributed by atoms with Crippen LogP contribution in [0.25, 0.3) is 0 Å². The summed E-state index contributed by atoms with van der Waals surface area (Å²) >= 11 is 0. The molecule has 2 aromatic rings. The van der Waals surface area contributed by atoms with Gasteiger partial charge in [-0.25, -0.2) is 4.79 Å². The Hall–Kier alpha value is -2.83. The number of likely N-dealkylation sites (N-methyl/N-ethyl adjacent to an activating group) is 1. The first-order chi connectivity index (χ1) is 13.0. The molecule has 144 valence electrons. The second-order valence-corrected chi connectivity index (χ2v) is 7.17. The first kappa shape index (κ1) is 18.9. The SMILES string of the molecule is Cc1cc(CN(C)C(=O)C2(NC(=O)NCc3ccccc3)CCCC2)no1. The van der Waals surface area contributed by atoms with Gasteiger partial charge in [-0.15, -0.1) is 0 Å². The summed E-state index contributed by atoms with van der Waals surface area (Å²) in [4.78, 5) is 27.2. The Morgan fingerprint density at radius 3 is 2.56 bits per heavy atom. The third kappa shape index (κ3) is 4.67. The molecule has 1 aromatic heterocycles. The van der Waals surface area contributed by atoms with E-state index >= 15 is 0 Å². The number of urea groups is 1. The van der Waals surface area contributed by atoms with E-state index in [1.165, 1.54) is 0 Å². The molecule has 1 aliphatic carbocycles. The molecular weight excluding hydrogens is 344 g/mol. The number of rotatable bonds is 6. The van der Waals surface area contributed by atoms with Crippen LogP contribution in [0.15, 0.2) is 40.9 Å². The van der Waals surface area contributed by atoms with Gasteiger partial charge < -0.3 is 20.1 Å². The van der Waals surface area contributed by atoms with Gasteiger partial charge in [0.2, 0.25) is 5.91 Å². The molecule has 7 nitrogen and oxygen atoms in total. The number of hydrogen-bond acceptors (Lipinski definition) is 4. The zero-order valence-electron chi connectivity index (χ0n) is 15.8. The molecule has 1 fully saturated rings. The summed E-state index contributed by atoms with van der Waals surface area (Å²) in [5.74, 6) is 0.621. The molecule has 0 aliphatic heterocycles. The van der Waals surface area contributed by atoms with Crippen LogP contribution < -0.4 is 10.6 Å². The van der Waals surface area contributed by atoms with Gasteiger partial charge in [-0.05, 0) is 25.3 Å². The van der Waals surface area contributed by atoms with E-state index in [4.69, 9.17) is 4.52 Å². The molecule has 1 aliphatic rings. The maximum Gasteiger partial charge on any atom is 0.315 e. The average Bonchev–Trinajstić information content (AvgIpc) is 3.30. The summed E-state index contributed by atoms with van der Waals surface area (Å²) in [6.07, 6.45) is 3.13. The van der Waals surface area contributed by atoms with Crippen LogP contribution in [0, 0.1) is 6.92 Å². The normalized spacial score (nSPS) is 15.3. The van der Waals surface area contributed by atoms with E-state index in [9.17, 15) is 9.59 Å². The molecule has 0 spiro atoms. The number of nitrogens with one attached hydrogen (secondary N) is 2. The van der Waals surface area contributed by atoms with Crippen molar-refractivity contribution < 1.29 is 14.1 Å². The van der Waals surface area contributed by atoms with Gasteiger partial charge in [0.05, 0.1) is 6.54 Å². The van der Waals surface area contributed by atoms with Crippen molar-refractivity contribution in [3.63, 3.8) is 0 Å². The Kier molecular flexibility index (Phi) is 5.78. The first-order valence-electron chi connectivity index (χ1n) is 9.26. The lowest BCUT2D eigenvalue weighted by Gasteiger charge is -2.33. The number of amides is 3. The molecule has 1 aromatic carbocycles. The minimum absolute atomic E-state index is 0.0875. The summed E-state index contributed by atoms with van der Waals surface area (Å²) in [6.45, 7) is 2.59. The van der Waals surface area contributed by atoms with Crippen molar-refractivity contribution >= 4 is 11.9 Å². The molecule has 2 N–H and O–H groups in total. The third-order valence-corrected chi connectivity index (χ3v) is 4.94. The van der Waals surface area contributed by atoms with Crippen molar-refractivity contribution in [3.8, 4) is 0 Å². The van der Waals surface area contributed by atoms with Gasteiger partial charge in [0.15, 0.2) is 0 Å². The van der Waals surface area contributed by atoms with Gasteiger partial charge in [0.25, 0.3) is 0 Å². The summed E-state index contributed by atoms with van der Waals surface area (Å²) in [5.41, 5.74) is 0.858. The fourth-order valence-corrected chi connectivity index (χ4v) is 3.58. The molecule has 0 bridgehead atoms. The number of aryl methyl sites for hydroxylation is 1. The molecule has 0 atom stereocenters. The zero-order valence-corrected chi connectivity index (χ0v) is 15.8. The number of carbonyl (C=O) groups excluding carboxylic acids is 2. The summed E-state index contributed by atoms with van der Waals surface area (Å²) in [5, 5.41) is 9.74. The van der Waals surface area contributed by atoms with Crippen LogP contribution >= 0.6 is 0 Å². The molecule has 1 saturated carbocycles. The maximum absolute atomic E-state index is 13.1. The number of aromatic nitrogens is 1. The van der Waals surface area contributed by atoms with Gasteiger partial charge in [-0.3, -0.25) is 4.79 Å². The quantitative estimate of drug-likeness (QED) is 0.818. The van der Waals surface area contributed by atoms with Crippen LogP contribution in [0.2, 0.25) is 0 Å². The first-order valence-corrected chi connectivity index (χ1v) is 9.26. The summed E-state index contributed by atoms with van der Waals surface area (Å²) in [7, 11) is 1.73. The maximum atomic E-state index is 13.1. The van der Waals surface area contributed by atoms with Gasteiger partial charge in [0, 0.05) is 19.7 Å². The van der Waals surface area contributed by atoms with Gasteiger partial charge in [0.1, 0.15) is 17.0 Å². The highest BCUT2D eigenvalue weighted by atomic mass is 16.5. The van der Waals surface area contributed by atoms with E-state index < -0.39 is 5.54 Å². The van der Waals surface area contributed by atoms with Crippen LogP contribution in [0.4, 0.5) is 4.79 Å². The monoisotopic (exact) mass is 370 g/mol. The van der Waals surface area contributed by atoms with Crippen LogP contribution in [-0.2, 0) is 17.9 Å². The van der Waals surface area contributed by atoms with E-state index in [1.54, 1.807) is 11.9 Å². The standard InChI is InChI=1S/C20H26N4O3/c1-15-12-17(23-27-15)14-24(2)18(25)20(10-6-7-11-20)22-19(26)21-13-16-8-4-3-5-9-16/h3-5,8-9,12H,6-7,10-11,13-14H2,1-2H3,(H2,21,22,26). The minimum Gasteiger partial charge on any atom is -0.361 e. The molecule has 0 unspecified atom stereocenters. The van der Waals surface area contributed by atoms with Crippen LogP contribution in [0.3, 0.4) is 0 Å². The van der Waals surface area contributed by atoms with Crippen molar-refractivity contribution in [2.45, 2.75) is 51.2 Å². The predicted octanol–water partition coefficient (Wildman–Crippen LogP) is 2.75. The van der Waals surface area contributed by atoms with Gasteiger partial charge in [-0.1, -0.05) is 48.3 Å². The fourth-order valence-electron chi connectivity index (χ4n) is 3.58.